The normalized spacial score (nSPS) is 12.0. The summed E-state index contributed by atoms with van der Waals surface area (Å²) in [5.74, 6) is -0.484. The third-order valence-electron chi connectivity index (χ3n) is 5.47. The molecule has 8 nitrogen and oxygen atoms in total. The van der Waals surface area contributed by atoms with Gasteiger partial charge in [-0.1, -0.05) is 60.2 Å². The maximum Gasteiger partial charge on any atom is 0.244 e. The van der Waals surface area contributed by atoms with Gasteiger partial charge in [-0.2, -0.15) is 4.31 Å². The quantitative estimate of drug-likeness (QED) is 0.453. The average Bonchev–Trinajstić information content (AvgIpc) is 2.77. The number of carbonyl (C=O) groups excluding carboxylic acids is 1. The van der Waals surface area contributed by atoms with E-state index in [1.807, 2.05) is 49.4 Å². The number of rotatable bonds is 9. The van der Waals surface area contributed by atoms with Crippen LogP contribution in [0.5, 0.6) is 0 Å². The van der Waals surface area contributed by atoms with Crippen molar-refractivity contribution in [1.82, 2.24) is 9.62 Å². The van der Waals surface area contributed by atoms with Crippen LogP contribution in [-0.2, 0) is 37.9 Å². The molecule has 0 saturated carbocycles. The summed E-state index contributed by atoms with van der Waals surface area (Å²) < 4.78 is 51.4. The Morgan fingerprint density at radius 3 is 1.97 bits per heavy atom. The molecule has 0 aliphatic heterocycles. The molecule has 0 atom stereocenters. The van der Waals surface area contributed by atoms with E-state index in [9.17, 15) is 21.6 Å². The number of hydrogen-bond acceptors (Lipinski definition) is 5. The van der Waals surface area contributed by atoms with Crippen LogP contribution in [0.3, 0.4) is 0 Å². The van der Waals surface area contributed by atoms with Gasteiger partial charge in [0.15, 0.2) is 0 Å². The molecule has 0 unspecified atom stereocenters. The summed E-state index contributed by atoms with van der Waals surface area (Å²) in [6.45, 7) is 5.16. The summed E-state index contributed by atoms with van der Waals surface area (Å²) in [7, 11) is -7.80. The van der Waals surface area contributed by atoms with Crippen molar-refractivity contribution in [3.05, 3.63) is 94.5 Å². The molecular weight excluding hydrogens is 486 g/mol. The SMILES string of the molecule is Cc1cc(C)c(S(=O)(=O)N(CC(=O)NCc2ccc(S(N)(=O)=O)cc2)Cc2ccccc2)c(C)c1. The van der Waals surface area contributed by atoms with Crippen LogP contribution < -0.4 is 10.5 Å². The third kappa shape index (κ3) is 6.76. The Morgan fingerprint density at radius 2 is 1.43 bits per heavy atom. The number of nitrogens with zero attached hydrogens (tertiary/aromatic N) is 1. The summed E-state index contributed by atoms with van der Waals surface area (Å²) in [4.78, 5) is 13.0. The van der Waals surface area contributed by atoms with E-state index in [1.54, 1.807) is 13.8 Å². The minimum Gasteiger partial charge on any atom is -0.351 e. The van der Waals surface area contributed by atoms with Crippen LogP contribution >= 0.6 is 0 Å². The van der Waals surface area contributed by atoms with Gasteiger partial charge in [-0.25, -0.2) is 22.0 Å². The van der Waals surface area contributed by atoms with Crippen LogP contribution in [0.2, 0.25) is 0 Å². The summed E-state index contributed by atoms with van der Waals surface area (Å²) >= 11 is 0. The van der Waals surface area contributed by atoms with Crippen LogP contribution in [0.25, 0.3) is 0 Å². The molecule has 0 bridgehead atoms. The Labute approximate surface area is 206 Å². The van der Waals surface area contributed by atoms with Gasteiger partial charge >= 0.3 is 0 Å². The number of primary sulfonamides is 1. The maximum absolute atomic E-state index is 13.7. The fourth-order valence-corrected chi connectivity index (χ4v) is 6.24. The second-order valence-electron chi connectivity index (χ2n) is 8.45. The van der Waals surface area contributed by atoms with Crippen molar-refractivity contribution in [1.29, 1.82) is 0 Å². The van der Waals surface area contributed by atoms with E-state index in [0.717, 1.165) is 11.1 Å². The van der Waals surface area contributed by atoms with Crippen molar-refractivity contribution in [2.24, 2.45) is 5.14 Å². The molecular formula is C25H29N3O5S2. The van der Waals surface area contributed by atoms with Gasteiger partial charge < -0.3 is 5.32 Å². The smallest absolute Gasteiger partial charge is 0.244 e. The molecule has 3 N–H and O–H groups in total. The number of carbonyl (C=O) groups is 1. The largest absolute Gasteiger partial charge is 0.351 e. The number of nitrogens with one attached hydrogen (secondary N) is 1. The van der Waals surface area contributed by atoms with Gasteiger partial charge in [0, 0.05) is 13.1 Å². The molecule has 3 rings (SSSR count). The van der Waals surface area contributed by atoms with E-state index >= 15 is 0 Å². The van der Waals surface area contributed by atoms with Crippen molar-refractivity contribution < 1.29 is 21.6 Å². The van der Waals surface area contributed by atoms with Crippen LogP contribution in [0, 0.1) is 20.8 Å². The third-order valence-corrected chi connectivity index (χ3v) is 8.49. The zero-order valence-corrected chi connectivity index (χ0v) is 21.5. The summed E-state index contributed by atoms with van der Waals surface area (Å²) in [6, 6.07) is 18.5. The van der Waals surface area contributed by atoms with Crippen molar-refractivity contribution in [2.45, 2.75) is 43.7 Å². The highest BCUT2D eigenvalue weighted by Gasteiger charge is 2.30. The van der Waals surface area contributed by atoms with Crippen LogP contribution in [0.1, 0.15) is 27.8 Å². The average molecular weight is 516 g/mol. The summed E-state index contributed by atoms with van der Waals surface area (Å²) in [6.07, 6.45) is 0. The zero-order valence-electron chi connectivity index (χ0n) is 19.9. The molecule has 35 heavy (non-hydrogen) atoms. The number of hydrogen-bond donors (Lipinski definition) is 2. The van der Waals surface area contributed by atoms with E-state index in [1.165, 1.54) is 28.6 Å². The number of aryl methyl sites for hydroxylation is 3. The van der Waals surface area contributed by atoms with Gasteiger partial charge in [0.1, 0.15) is 0 Å². The molecule has 0 heterocycles. The Kier molecular flexibility index (Phi) is 8.11. The van der Waals surface area contributed by atoms with Gasteiger partial charge in [-0.05, 0) is 55.2 Å². The van der Waals surface area contributed by atoms with E-state index in [2.05, 4.69) is 5.32 Å². The van der Waals surface area contributed by atoms with Gasteiger partial charge in [0.25, 0.3) is 0 Å². The topological polar surface area (TPSA) is 127 Å². The van der Waals surface area contributed by atoms with Crippen molar-refractivity contribution in [2.75, 3.05) is 6.54 Å². The lowest BCUT2D eigenvalue weighted by Gasteiger charge is -2.24. The number of nitrogens with two attached hydrogens (primary N) is 1. The maximum atomic E-state index is 13.7. The fraction of sp³-hybridized carbons (Fsp3) is 0.240. The molecule has 10 heteroatoms. The molecule has 3 aromatic rings. The van der Waals surface area contributed by atoms with E-state index in [0.29, 0.717) is 16.7 Å². The highest BCUT2D eigenvalue weighted by atomic mass is 32.2. The lowest BCUT2D eigenvalue weighted by molar-refractivity contribution is -0.121. The van der Waals surface area contributed by atoms with E-state index < -0.39 is 26.0 Å². The second-order valence-corrected chi connectivity index (χ2v) is 11.9. The first-order valence-electron chi connectivity index (χ1n) is 10.9. The van der Waals surface area contributed by atoms with Crippen molar-refractivity contribution in [3.8, 4) is 0 Å². The predicted octanol–water partition coefficient (Wildman–Crippen LogP) is 2.77. The molecule has 0 aliphatic rings. The summed E-state index contributed by atoms with van der Waals surface area (Å²) in [5.41, 5.74) is 3.60. The van der Waals surface area contributed by atoms with Gasteiger partial charge in [0.2, 0.25) is 26.0 Å². The first-order valence-corrected chi connectivity index (χ1v) is 13.9. The predicted molar refractivity (Wildman–Crippen MR) is 134 cm³/mol. The molecule has 0 fully saturated rings. The van der Waals surface area contributed by atoms with Crippen LogP contribution in [0.15, 0.2) is 76.5 Å². The number of amides is 1. The van der Waals surface area contributed by atoms with Crippen molar-refractivity contribution in [3.63, 3.8) is 0 Å². The van der Waals surface area contributed by atoms with Gasteiger partial charge in [-0.15, -0.1) is 0 Å². The molecule has 3 aromatic carbocycles. The van der Waals surface area contributed by atoms with Crippen LogP contribution in [0.4, 0.5) is 0 Å². The Bertz CT molecular complexity index is 1400. The molecule has 186 valence electrons. The monoisotopic (exact) mass is 515 g/mol. The highest BCUT2D eigenvalue weighted by Crippen LogP contribution is 2.26. The second kappa shape index (κ2) is 10.7. The Morgan fingerprint density at radius 1 is 0.857 bits per heavy atom. The fourth-order valence-electron chi connectivity index (χ4n) is 3.93. The highest BCUT2D eigenvalue weighted by molar-refractivity contribution is 7.89. The van der Waals surface area contributed by atoms with Gasteiger partial charge in [-0.3, -0.25) is 4.79 Å². The Balaban J connectivity index is 1.83. The molecule has 1 amide bonds. The Hall–Kier alpha value is -3.05. The van der Waals surface area contributed by atoms with Gasteiger partial charge in [0.05, 0.1) is 16.3 Å². The lowest BCUT2D eigenvalue weighted by atomic mass is 10.1. The molecule has 0 spiro atoms. The first kappa shape index (κ1) is 26.6. The number of sulfonamides is 2. The molecule has 0 aliphatic carbocycles. The first-order chi connectivity index (χ1) is 16.4. The van der Waals surface area contributed by atoms with Crippen LogP contribution in [-0.4, -0.2) is 33.6 Å². The zero-order chi connectivity index (χ0) is 25.8. The molecule has 0 aromatic heterocycles. The van der Waals surface area contributed by atoms with E-state index in [4.69, 9.17) is 5.14 Å². The van der Waals surface area contributed by atoms with E-state index in [-0.39, 0.29) is 29.4 Å². The minimum atomic E-state index is -3.99. The van der Waals surface area contributed by atoms with Crippen molar-refractivity contribution >= 4 is 26.0 Å². The number of benzene rings is 3. The lowest BCUT2D eigenvalue weighted by Crippen LogP contribution is -2.40. The molecule has 0 radical (unpaired) electrons. The molecule has 0 saturated heterocycles. The summed E-state index contributed by atoms with van der Waals surface area (Å²) in [5, 5.41) is 7.81. The standard InChI is InChI=1S/C25H29N3O5S2/c1-18-13-19(2)25(20(3)14-18)35(32,33)28(16-22-7-5-4-6-8-22)17-24(29)27-15-21-9-11-23(12-10-21)34(26,30)31/h4-14H,15-17H2,1-3H3,(H,27,29)(H2,26,30,31). The minimum absolute atomic E-state index is 0.0310.